The zero-order valence-electron chi connectivity index (χ0n) is 11.1. The fourth-order valence-corrected chi connectivity index (χ4v) is 3.84. The lowest BCUT2D eigenvalue weighted by Gasteiger charge is -2.30. The second-order valence-electron chi connectivity index (χ2n) is 4.98. The average Bonchev–Trinajstić information content (AvgIpc) is 2.33. The van der Waals surface area contributed by atoms with Gasteiger partial charge in [-0.05, 0) is 37.8 Å². The first-order chi connectivity index (χ1) is 8.88. The third-order valence-electron chi connectivity index (χ3n) is 3.25. The molecule has 0 radical (unpaired) electrons. The second-order valence-corrected chi connectivity index (χ2v) is 7.04. The lowest BCUT2D eigenvalue weighted by Crippen LogP contribution is -2.42. The van der Waals surface area contributed by atoms with Crippen molar-refractivity contribution >= 4 is 27.5 Å². The van der Waals surface area contributed by atoms with Gasteiger partial charge in [-0.3, -0.25) is 4.72 Å². The molecule has 0 spiro atoms. The maximum absolute atomic E-state index is 12.3. The number of rotatable bonds is 3. The molecule has 1 aliphatic rings. The Morgan fingerprint density at radius 2 is 2.21 bits per heavy atom. The van der Waals surface area contributed by atoms with E-state index in [1.165, 1.54) is 4.31 Å². The number of hydrogen-bond donors (Lipinski definition) is 1. The van der Waals surface area contributed by atoms with Crippen molar-refractivity contribution in [2.24, 2.45) is 5.92 Å². The van der Waals surface area contributed by atoms with Crippen molar-refractivity contribution in [1.29, 1.82) is 0 Å². The van der Waals surface area contributed by atoms with Gasteiger partial charge in [-0.2, -0.15) is 12.7 Å². The van der Waals surface area contributed by atoms with E-state index in [-0.39, 0.29) is 0 Å². The highest BCUT2D eigenvalue weighted by molar-refractivity contribution is 7.90. The molecule has 2 rings (SSSR count). The van der Waals surface area contributed by atoms with Gasteiger partial charge in [0.25, 0.3) is 0 Å². The van der Waals surface area contributed by atoms with Gasteiger partial charge >= 0.3 is 10.2 Å². The molecular weight excluding hydrogens is 286 g/mol. The van der Waals surface area contributed by atoms with E-state index in [1.807, 2.05) is 0 Å². The Bertz CT molecular complexity index is 562. The standard InChI is InChI=1S/C12H18ClN3O2S/c1-9-4-3-7-16(8-9)19(17,18)15-11-5-6-12(13)14-10(11)2/h5-6,9,15H,3-4,7-8H2,1-2H3. The summed E-state index contributed by atoms with van der Waals surface area (Å²) >= 11 is 5.76. The molecule has 5 nitrogen and oxygen atoms in total. The zero-order chi connectivity index (χ0) is 14.0. The number of pyridine rings is 1. The predicted molar refractivity (Wildman–Crippen MR) is 76.5 cm³/mol. The van der Waals surface area contributed by atoms with Gasteiger partial charge in [-0.1, -0.05) is 18.5 Å². The summed E-state index contributed by atoms with van der Waals surface area (Å²) in [5.74, 6) is 0.398. The first-order valence-electron chi connectivity index (χ1n) is 6.29. The number of anilines is 1. The maximum Gasteiger partial charge on any atom is 0.301 e. The summed E-state index contributed by atoms with van der Waals surface area (Å²) in [5.41, 5.74) is 1.05. The molecule has 2 heterocycles. The molecule has 7 heteroatoms. The number of halogens is 1. The Labute approximate surface area is 119 Å². The quantitative estimate of drug-likeness (QED) is 0.872. The Hall–Kier alpha value is -0.850. The number of aromatic nitrogens is 1. The van der Waals surface area contributed by atoms with Crippen molar-refractivity contribution in [3.8, 4) is 0 Å². The maximum atomic E-state index is 12.3. The molecule has 0 saturated carbocycles. The lowest BCUT2D eigenvalue weighted by molar-refractivity contribution is 0.282. The van der Waals surface area contributed by atoms with Crippen molar-refractivity contribution < 1.29 is 8.42 Å². The Kier molecular flexibility index (Phi) is 4.32. The number of aryl methyl sites for hydroxylation is 1. The molecule has 0 aromatic carbocycles. The van der Waals surface area contributed by atoms with Gasteiger partial charge < -0.3 is 0 Å². The van der Waals surface area contributed by atoms with Gasteiger partial charge in [-0.25, -0.2) is 4.98 Å². The molecule has 1 aliphatic heterocycles. The predicted octanol–water partition coefficient (Wildman–Crippen LogP) is 2.43. The van der Waals surface area contributed by atoms with Crippen LogP contribution >= 0.6 is 11.6 Å². The zero-order valence-corrected chi connectivity index (χ0v) is 12.6. The van der Waals surface area contributed by atoms with Crippen LogP contribution in [0.3, 0.4) is 0 Å². The fraction of sp³-hybridized carbons (Fsp3) is 0.583. The van der Waals surface area contributed by atoms with Crippen LogP contribution in [-0.4, -0.2) is 30.8 Å². The van der Waals surface area contributed by atoms with Crippen molar-refractivity contribution in [3.05, 3.63) is 23.0 Å². The fourth-order valence-electron chi connectivity index (χ4n) is 2.21. The van der Waals surface area contributed by atoms with Crippen LogP contribution in [0.4, 0.5) is 5.69 Å². The summed E-state index contributed by atoms with van der Waals surface area (Å²) in [6.45, 7) is 4.93. The highest BCUT2D eigenvalue weighted by atomic mass is 35.5. The molecule has 106 valence electrons. The van der Waals surface area contributed by atoms with E-state index in [1.54, 1.807) is 19.1 Å². The van der Waals surface area contributed by atoms with Gasteiger partial charge in [0.1, 0.15) is 5.15 Å². The highest BCUT2D eigenvalue weighted by Gasteiger charge is 2.27. The molecule has 0 amide bonds. The van der Waals surface area contributed by atoms with E-state index in [2.05, 4.69) is 16.6 Å². The summed E-state index contributed by atoms with van der Waals surface area (Å²) in [5, 5.41) is 0.354. The molecule has 1 N–H and O–H groups in total. The minimum Gasteiger partial charge on any atom is -0.269 e. The molecular formula is C12H18ClN3O2S. The Morgan fingerprint density at radius 1 is 1.47 bits per heavy atom. The number of hydrogen-bond acceptors (Lipinski definition) is 3. The number of nitrogens with one attached hydrogen (secondary N) is 1. The topological polar surface area (TPSA) is 62.3 Å². The molecule has 19 heavy (non-hydrogen) atoms. The van der Waals surface area contributed by atoms with Crippen molar-refractivity contribution in [2.45, 2.75) is 26.7 Å². The van der Waals surface area contributed by atoms with Crippen LogP contribution in [0.15, 0.2) is 12.1 Å². The minimum atomic E-state index is -3.50. The molecule has 1 saturated heterocycles. The molecule has 1 atom stereocenters. The summed E-state index contributed by atoms with van der Waals surface area (Å²) in [4.78, 5) is 4.04. The number of nitrogens with zero attached hydrogens (tertiary/aromatic N) is 2. The molecule has 0 bridgehead atoms. The monoisotopic (exact) mass is 303 g/mol. The van der Waals surface area contributed by atoms with Crippen molar-refractivity contribution in [2.75, 3.05) is 17.8 Å². The minimum absolute atomic E-state index is 0.354. The van der Waals surface area contributed by atoms with E-state index in [0.717, 1.165) is 12.8 Å². The summed E-state index contributed by atoms with van der Waals surface area (Å²) in [7, 11) is -3.50. The molecule has 1 fully saturated rings. The number of piperidine rings is 1. The second kappa shape index (κ2) is 5.64. The van der Waals surface area contributed by atoms with Gasteiger partial charge in [0, 0.05) is 13.1 Å². The van der Waals surface area contributed by atoms with Crippen molar-refractivity contribution in [1.82, 2.24) is 9.29 Å². The van der Waals surface area contributed by atoms with Crippen LogP contribution in [0, 0.1) is 12.8 Å². The van der Waals surface area contributed by atoms with Gasteiger partial charge in [0.2, 0.25) is 0 Å². The highest BCUT2D eigenvalue weighted by Crippen LogP contribution is 2.22. The third-order valence-corrected chi connectivity index (χ3v) is 4.95. The normalized spacial score (nSPS) is 21.3. The van der Waals surface area contributed by atoms with Gasteiger partial charge in [0.05, 0.1) is 11.4 Å². The van der Waals surface area contributed by atoms with E-state index in [9.17, 15) is 8.42 Å². The average molecular weight is 304 g/mol. The van der Waals surface area contributed by atoms with E-state index in [4.69, 9.17) is 11.6 Å². The molecule has 0 aliphatic carbocycles. The lowest BCUT2D eigenvalue weighted by atomic mass is 10.0. The molecule has 1 aromatic rings. The first kappa shape index (κ1) is 14.6. The van der Waals surface area contributed by atoms with E-state index in [0.29, 0.717) is 35.5 Å². The third kappa shape index (κ3) is 3.58. The van der Waals surface area contributed by atoms with E-state index < -0.39 is 10.2 Å². The van der Waals surface area contributed by atoms with Gasteiger partial charge in [0.15, 0.2) is 0 Å². The summed E-state index contributed by atoms with van der Waals surface area (Å²) in [6.07, 6.45) is 1.98. The molecule has 1 aromatic heterocycles. The van der Waals surface area contributed by atoms with Crippen LogP contribution in [0.5, 0.6) is 0 Å². The van der Waals surface area contributed by atoms with Crippen LogP contribution in [0.1, 0.15) is 25.5 Å². The smallest absolute Gasteiger partial charge is 0.269 e. The van der Waals surface area contributed by atoms with Crippen LogP contribution in [0.2, 0.25) is 5.15 Å². The largest absolute Gasteiger partial charge is 0.301 e. The van der Waals surface area contributed by atoms with Crippen LogP contribution in [-0.2, 0) is 10.2 Å². The molecule has 1 unspecified atom stereocenters. The van der Waals surface area contributed by atoms with Crippen LogP contribution < -0.4 is 4.72 Å². The summed E-state index contributed by atoms with van der Waals surface area (Å²) in [6, 6.07) is 3.21. The first-order valence-corrected chi connectivity index (χ1v) is 8.11. The Morgan fingerprint density at radius 3 is 2.84 bits per heavy atom. The Balaban J connectivity index is 2.16. The van der Waals surface area contributed by atoms with Gasteiger partial charge in [-0.15, -0.1) is 0 Å². The summed E-state index contributed by atoms with van der Waals surface area (Å²) < 4.78 is 28.7. The van der Waals surface area contributed by atoms with E-state index >= 15 is 0 Å². The van der Waals surface area contributed by atoms with Crippen LogP contribution in [0.25, 0.3) is 0 Å². The van der Waals surface area contributed by atoms with Crippen molar-refractivity contribution in [3.63, 3.8) is 0 Å². The SMILES string of the molecule is Cc1nc(Cl)ccc1NS(=O)(=O)N1CCCC(C)C1.